The van der Waals surface area contributed by atoms with Crippen molar-refractivity contribution in [2.24, 2.45) is 11.7 Å². The number of likely N-dealkylation sites (tertiary alicyclic amines) is 1. The molecule has 2 rings (SSSR count). The van der Waals surface area contributed by atoms with E-state index in [-0.39, 0.29) is 36.8 Å². The third-order valence-electron chi connectivity index (χ3n) is 4.37. The van der Waals surface area contributed by atoms with Gasteiger partial charge < -0.3 is 11.1 Å². The number of halogens is 2. The maximum absolute atomic E-state index is 11.7. The van der Waals surface area contributed by atoms with Crippen LogP contribution in [0.5, 0.6) is 0 Å². The van der Waals surface area contributed by atoms with E-state index in [0.29, 0.717) is 12.3 Å². The molecule has 1 aromatic carbocycles. The molecule has 4 nitrogen and oxygen atoms in total. The van der Waals surface area contributed by atoms with E-state index in [1.54, 1.807) is 0 Å². The van der Waals surface area contributed by atoms with Crippen LogP contribution in [0.25, 0.3) is 0 Å². The molecule has 0 bridgehead atoms. The molecule has 138 valence electrons. The fraction of sp³-hybridized carbons (Fsp3) is 0.611. The van der Waals surface area contributed by atoms with E-state index in [0.717, 1.165) is 32.6 Å². The maximum Gasteiger partial charge on any atom is 0.220 e. The quantitative estimate of drug-likeness (QED) is 0.769. The second kappa shape index (κ2) is 12.5. The Morgan fingerprint density at radius 2 is 1.88 bits per heavy atom. The van der Waals surface area contributed by atoms with Crippen molar-refractivity contribution in [2.75, 3.05) is 19.6 Å². The van der Waals surface area contributed by atoms with Crippen LogP contribution in [0.1, 0.15) is 38.2 Å². The summed E-state index contributed by atoms with van der Waals surface area (Å²) in [5, 5.41) is 3.06. The first-order valence-corrected chi connectivity index (χ1v) is 8.42. The number of nitrogens with two attached hydrogens (primary N) is 1. The number of amides is 1. The van der Waals surface area contributed by atoms with Gasteiger partial charge in [0.1, 0.15) is 0 Å². The largest absolute Gasteiger partial charge is 0.356 e. The Kier molecular flexibility index (Phi) is 12.1. The molecule has 1 fully saturated rings. The SMILES string of the molecule is CC(N)CCC(=O)NCC1CCN(Cc2ccccc2)CC1.Cl.Cl. The topological polar surface area (TPSA) is 58.4 Å². The zero-order chi connectivity index (χ0) is 15.8. The van der Waals surface area contributed by atoms with Gasteiger partial charge in [-0.2, -0.15) is 0 Å². The summed E-state index contributed by atoms with van der Waals surface area (Å²) < 4.78 is 0. The predicted octanol–water partition coefficient (Wildman–Crippen LogP) is 2.99. The van der Waals surface area contributed by atoms with Crippen LogP contribution < -0.4 is 11.1 Å². The van der Waals surface area contributed by atoms with E-state index in [9.17, 15) is 4.79 Å². The number of carbonyl (C=O) groups is 1. The van der Waals surface area contributed by atoms with Gasteiger partial charge in [0.2, 0.25) is 5.91 Å². The van der Waals surface area contributed by atoms with E-state index in [4.69, 9.17) is 5.73 Å². The number of benzene rings is 1. The first-order chi connectivity index (χ1) is 10.6. The molecule has 0 saturated carbocycles. The van der Waals surface area contributed by atoms with Crippen LogP contribution in [0, 0.1) is 5.92 Å². The number of carbonyl (C=O) groups excluding carboxylic acids is 1. The Hall–Kier alpha value is -0.810. The minimum Gasteiger partial charge on any atom is -0.356 e. The Bertz CT molecular complexity index is 449. The number of rotatable bonds is 7. The Balaban J connectivity index is 0.00000264. The molecule has 1 aliphatic rings. The maximum atomic E-state index is 11.7. The molecule has 3 N–H and O–H groups in total. The summed E-state index contributed by atoms with van der Waals surface area (Å²) in [7, 11) is 0. The highest BCUT2D eigenvalue weighted by atomic mass is 35.5. The van der Waals surface area contributed by atoms with Crippen LogP contribution in [0.2, 0.25) is 0 Å². The molecular weight excluding hydrogens is 345 g/mol. The number of hydrogen-bond donors (Lipinski definition) is 2. The Morgan fingerprint density at radius 3 is 2.46 bits per heavy atom. The van der Waals surface area contributed by atoms with E-state index < -0.39 is 0 Å². The van der Waals surface area contributed by atoms with Gasteiger partial charge in [0.05, 0.1) is 0 Å². The molecule has 1 aliphatic heterocycles. The van der Waals surface area contributed by atoms with Crippen LogP contribution in [0.3, 0.4) is 0 Å². The normalized spacial score (nSPS) is 16.6. The summed E-state index contributed by atoms with van der Waals surface area (Å²) in [6.45, 7) is 6.03. The highest BCUT2D eigenvalue weighted by molar-refractivity contribution is 5.85. The standard InChI is InChI=1S/C18H29N3O.2ClH/c1-15(19)7-8-18(22)20-13-16-9-11-21(12-10-16)14-17-5-3-2-4-6-17;;/h2-6,15-16H,7-14,19H2,1H3,(H,20,22);2*1H. The molecule has 1 heterocycles. The fourth-order valence-electron chi connectivity index (χ4n) is 2.90. The molecule has 1 unspecified atom stereocenters. The fourth-order valence-corrected chi connectivity index (χ4v) is 2.90. The molecular formula is C18H31Cl2N3O. The number of hydrogen-bond acceptors (Lipinski definition) is 3. The van der Waals surface area contributed by atoms with Gasteiger partial charge in [0, 0.05) is 25.6 Å². The van der Waals surface area contributed by atoms with Gasteiger partial charge in [-0.05, 0) is 50.8 Å². The van der Waals surface area contributed by atoms with E-state index in [2.05, 4.69) is 40.5 Å². The summed E-state index contributed by atoms with van der Waals surface area (Å²) in [6, 6.07) is 10.7. The molecule has 24 heavy (non-hydrogen) atoms. The van der Waals surface area contributed by atoms with Gasteiger partial charge in [-0.1, -0.05) is 30.3 Å². The minimum absolute atomic E-state index is 0. The first kappa shape index (κ1) is 23.2. The van der Waals surface area contributed by atoms with Crippen LogP contribution in [0.15, 0.2) is 30.3 Å². The molecule has 1 amide bonds. The number of piperidine rings is 1. The van der Waals surface area contributed by atoms with E-state index >= 15 is 0 Å². The first-order valence-electron chi connectivity index (χ1n) is 8.42. The van der Waals surface area contributed by atoms with Crippen LogP contribution in [-0.2, 0) is 11.3 Å². The average Bonchev–Trinajstić information content (AvgIpc) is 2.53. The molecule has 6 heteroatoms. The lowest BCUT2D eigenvalue weighted by Crippen LogP contribution is -2.38. The molecule has 1 aromatic rings. The molecule has 0 aliphatic carbocycles. The lowest BCUT2D eigenvalue weighted by Gasteiger charge is -2.32. The monoisotopic (exact) mass is 375 g/mol. The third kappa shape index (κ3) is 8.88. The zero-order valence-electron chi connectivity index (χ0n) is 14.4. The van der Waals surface area contributed by atoms with Crippen molar-refractivity contribution >= 4 is 30.7 Å². The van der Waals surface area contributed by atoms with Crippen molar-refractivity contribution in [2.45, 2.75) is 45.2 Å². The molecule has 0 spiro atoms. The Morgan fingerprint density at radius 1 is 1.25 bits per heavy atom. The highest BCUT2D eigenvalue weighted by Crippen LogP contribution is 2.18. The van der Waals surface area contributed by atoms with Crippen molar-refractivity contribution in [3.63, 3.8) is 0 Å². The van der Waals surface area contributed by atoms with Crippen molar-refractivity contribution in [1.82, 2.24) is 10.2 Å². The molecule has 0 radical (unpaired) electrons. The van der Waals surface area contributed by atoms with Gasteiger partial charge >= 0.3 is 0 Å². The van der Waals surface area contributed by atoms with Gasteiger partial charge in [-0.25, -0.2) is 0 Å². The lowest BCUT2D eigenvalue weighted by atomic mass is 9.96. The van der Waals surface area contributed by atoms with E-state index in [1.165, 1.54) is 18.4 Å². The second-order valence-corrected chi connectivity index (χ2v) is 6.53. The lowest BCUT2D eigenvalue weighted by molar-refractivity contribution is -0.121. The number of nitrogens with zero attached hydrogens (tertiary/aromatic N) is 1. The summed E-state index contributed by atoms with van der Waals surface area (Å²) in [6.07, 6.45) is 3.65. The summed E-state index contributed by atoms with van der Waals surface area (Å²) in [5.41, 5.74) is 7.05. The van der Waals surface area contributed by atoms with Gasteiger partial charge in [-0.3, -0.25) is 9.69 Å². The summed E-state index contributed by atoms with van der Waals surface area (Å²) in [4.78, 5) is 14.2. The molecule has 1 atom stereocenters. The predicted molar refractivity (Wildman–Crippen MR) is 105 cm³/mol. The van der Waals surface area contributed by atoms with Crippen molar-refractivity contribution in [3.8, 4) is 0 Å². The van der Waals surface area contributed by atoms with Crippen molar-refractivity contribution < 1.29 is 4.79 Å². The van der Waals surface area contributed by atoms with Crippen LogP contribution in [-0.4, -0.2) is 36.5 Å². The third-order valence-corrected chi connectivity index (χ3v) is 4.37. The van der Waals surface area contributed by atoms with Gasteiger partial charge in [0.15, 0.2) is 0 Å². The van der Waals surface area contributed by atoms with Crippen LogP contribution in [0.4, 0.5) is 0 Å². The second-order valence-electron chi connectivity index (χ2n) is 6.53. The zero-order valence-corrected chi connectivity index (χ0v) is 16.1. The molecule has 0 aromatic heterocycles. The van der Waals surface area contributed by atoms with Crippen molar-refractivity contribution in [1.29, 1.82) is 0 Å². The Labute approximate surface area is 158 Å². The van der Waals surface area contributed by atoms with Crippen molar-refractivity contribution in [3.05, 3.63) is 35.9 Å². The van der Waals surface area contributed by atoms with E-state index in [1.807, 2.05) is 6.92 Å². The minimum atomic E-state index is 0. The smallest absolute Gasteiger partial charge is 0.220 e. The van der Waals surface area contributed by atoms with Gasteiger partial charge in [-0.15, -0.1) is 24.8 Å². The van der Waals surface area contributed by atoms with Gasteiger partial charge in [0.25, 0.3) is 0 Å². The van der Waals surface area contributed by atoms with Crippen LogP contribution >= 0.6 is 24.8 Å². The highest BCUT2D eigenvalue weighted by Gasteiger charge is 2.19. The summed E-state index contributed by atoms with van der Waals surface area (Å²) in [5.74, 6) is 0.760. The average molecular weight is 376 g/mol. The number of nitrogens with one attached hydrogen (secondary N) is 1. The summed E-state index contributed by atoms with van der Waals surface area (Å²) >= 11 is 0. The molecule has 1 saturated heterocycles.